The molecule has 0 bridgehead atoms. The van der Waals surface area contributed by atoms with Gasteiger partial charge in [-0.05, 0) is 91.5 Å². The van der Waals surface area contributed by atoms with Crippen LogP contribution in [0.25, 0.3) is 22.5 Å². The number of alkyl carbamates (subject to hydrolysis) is 2. The summed E-state index contributed by atoms with van der Waals surface area (Å²) in [7, 11) is 2.59. The van der Waals surface area contributed by atoms with Crippen LogP contribution in [0, 0.1) is 18.8 Å². The molecule has 0 spiro atoms. The second kappa shape index (κ2) is 21.2. The maximum absolute atomic E-state index is 13.8. The first-order chi connectivity index (χ1) is 33.9. The van der Waals surface area contributed by atoms with E-state index in [1.165, 1.54) is 30.9 Å². The molecular weight excluding hydrogens is 918 g/mol. The second-order valence-corrected chi connectivity index (χ2v) is 21.4. The average Bonchev–Trinajstić information content (AvgIpc) is 4.22. The molecule has 4 amide bonds. The minimum Gasteiger partial charge on any atom is -0.453 e. The third-order valence-electron chi connectivity index (χ3n) is 14.6. The van der Waals surface area contributed by atoms with E-state index < -0.39 is 24.3 Å². The predicted octanol–water partition coefficient (Wildman–Crippen LogP) is 10.9. The van der Waals surface area contributed by atoms with Gasteiger partial charge in [0.05, 0.1) is 44.1 Å². The average molecular weight is 989 g/mol. The Morgan fingerprint density at radius 3 is 1.51 bits per heavy atom. The van der Waals surface area contributed by atoms with Crippen LogP contribution in [0.4, 0.5) is 15.3 Å². The number of ether oxygens (including phenoxy) is 2. The van der Waals surface area contributed by atoms with Crippen molar-refractivity contribution in [3.05, 3.63) is 112 Å². The predicted molar refractivity (Wildman–Crippen MR) is 276 cm³/mol. The zero-order valence-corrected chi connectivity index (χ0v) is 43.5. The van der Waals surface area contributed by atoms with Crippen LogP contribution < -0.4 is 15.5 Å². The van der Waals surface area contributed by atoms with E-state index in [1.807, 2.05) is 39.5 Å². The van der Waals surface area contributed by atoms with Gasteiger partial charge in [0.25, 0.3) is 0 Å². The van der Waals surface area contributed by atoms with Gasteiger partial charge in [0.2, 0.25) is 11.8 Å². The number of hydrogen-bond acceptors (Lipinski definition) is 9. The highest BCUT2D eigenvalue weighted by molar-refractivity contribution is 6.31. The Kier molecular flexibility index (Phi) is 15.2. The van der Waals surface area contributed by atoms with Crippen LogP contribution in [-0.2, 0) is 24.5 Å². The molecule has 5 aromatic rings. The lowest BCUT2D eigenvalue weighted by molar-refractivity contribution is -0.136. The number of anilines is 1. The number of aromatic amines is 2. The summed E-state index contributed by atoms with van der Waals surface area (Å²) in [6.45, 7) is 17.5. The number of H-pyrrole nitrogens is 2. The largest absolute Gasteiger partial charge is 0.453 e. The summed E-state index contributed by atoms with van der Waals surface area (Å²) >= 11 is 6.89. The smallest absolute Gasteiger partial charge is 0.407 e. The van der Waals surface area contributed by atoms with Crippen LogP contribution in [0.3, 0.4) is 0 Å². The zero-order chi connectivity index (χ0) is 50.9. The number of nitrogens with one attached hydrogen (secondary N) is 4. The van der Waals surface area contributed by atoms with E-state index in [-0.39, 0.29) is 53.2 Å². The van der Waals surface area contributed by atoms with Gasteiger partial charge in [-0.15, -0.1) is 0 Å². The summed E-state index contributed by atoms with van der Waals surface area (Å²) in [5.41, 5.74) is 9.10. The van der Waals surface area contributed by atoms with Crippen molar-refractivity contribution in [3.8, 4) is 22.5 Å². The van der Waals surface area contributed by atoms with Crippen LogP contribution in [0.1, 0.15) is 145 Å². The number of methoxy groups -OCH3 is 2. The summed E-state index contributed by atoms with van der Waals surface area (Å²) in [6, 6.07) is 24.5. The Bertz CT molecular complexity index is 2540. The fraction of sp³-hybridized carbons (Fsp3) is 0.491. The van der Waals surface area contributed by atoms with Crippen molar-refractivity contribution < 1.29 is 28.7 Å². The zero-order valence-electron chi connectivity index (χ0n) is 42.8. The first-order valence-corrected chi connectivity index (χ1v) is 25.5. The van der Waals surface area contributed by atoms with Gasteiger partial charge >= 0.3 is 12.2 Å². The number of rotatable bonds is 13. The third-order valence-corrected chi connectivity index (χ3v) is 14.9. The summed E-state index contributed by atoms with van der Waals surface area (Å²) in [6.07, 6.45) is 3.77. The number of carbonyl (C=O) groups excluding carboxylic acids is 4. The Morgan fingerprint density at radius 1 is 0.634 bits per heavy atom. The molecule has 4 N–H and O–H groups in total. The number of likely N-dealkylation sites (tertiary alicyclic amines) is 2. The molecular formula is C55H70ClN9O6. The normalized spacial score (nSPS) is 20.2. The molecule has 71 heavy (non-hydrogen) atoms. The van der Waals surface area contributed by atoms with E-state index in [0.29, 0.717) is 29.8 Å². The van der Waals surface area contributed by atoms with Crippen LogP contribution in [0.5, 0.6) is 0 Å². The number of hydrogen-bond donors (Lipinski definition) is 4. The van der Waals surface area contributed by atoms with Gasteiger partial charge < -0.3 is 44.8 Å². The molecule has 2 aromatic heterocycles. The minimum atomic E-state index is -0.732. The van der Waals surface area contributed by atoms with Crippen LogP contribution >= 0.6 is 11.6 Å². The van der Waals surface area contributed by atoms with Gasteiger partial charge in [0, 0.05) is 35.6 Å². The standard InChI is InChI=1S/C55H70ClN9O6/c1-31(2)44(60-53(68)70-9)51(66)63-29-11-13-42(63)49-57-33(5)46(58-49)36-19-15-34(16-20-36)40-27-28-41(65(40)39-25-23-38(24-26-39)55(6,7)8)35-17-21-37(22-18-35)47-48(56)62-50(59-47)43-14-12-30-64(43)52(67)45(32(3)4)61-54(69)71-10/h15-26,31-32,40-45H,11-14,27-30H2,1-10H3,(H,57,58)(H,59,62)(H,60,68)(H,61,69)/t40-,41-,42+,43+,44+,45+/m1/s1. The Labute approximate surface area is 422 Å². The molecule has 3 aliphatic rings. The molecule has 378 valence electrons. The summed E-state index contributed by atoms with van der Waals surface area (Å²) in [5.74, 6) is 0.797. The molecule has 3 saturated heterocycles. The minimum absolute atomic E-state index is 0.0131. The summed E-state index contributed by atoms with van der Waals surface area (Å²) in [4.78, 5) is 75.0. The molecule has 0 radical (unpaired) electrons. The summed E-state index contributed by atoms with van der Waals surface area (Å²) in [5, 5.41) is 5.86. The first-order valence-electron chi connectivity index (χ1n) is 25.1. The van der Waals surface area contributed by atoms with Crippen molar-refractivity contribution in [3.63, 3.8) is 0 Å². The van der Waals surface area contributed by atoms with Gasteiger partial charge in [-0.1, -0.05) is 121 Å². The number of nitrogens with zero attached hydrogens (tertiary/aromatic N) is 5. The number of aryl methyl sites for hydroxylation is 1. The molecule has 15 nitrogen and oxygen atoms in total. The topological polar surface area (TPSA) is 178 Å². The number of imidazole rings is 2. The lowest BCUT2D eigenvalue weighted by Crippen LogP contribution is -2.51. The van der Waals surface area contributed by atoms with Crippen molar-refractivity contribution in [2.45, 2.75) is 136 Å². The lowest BCUT2D eigenvalue weighted by atomic mass is 9.87. The van der Waals surface area contributed by atoms with Gasteiger partial charge in [0.15, 0.2) is 0 Å². The second-order valence-electron chi connectivity index (χ2n) is 21.0. The number of benzene rings is 3. The van der Waals surface area contributed by atoms with Gasteiger partial charge in [-0.25, -0.2) is 19.6 Å². The highest BCUT2D eigenvalue weighted by Crippen LogP contribution is 2.48. The van der Waals surface area contributed by atoms with Crippen molar-refractivity contribution in [2.75, 3.05) is 32.2 Å². The molecule has 6 atom stereocenters. The fourth-order valence-electron chi connectivity index (χ4n) is 10.7. The Hall–Kier alpha value is -6.35. The van der Waals surface area contributed by atoms with E-state index in [2.05, 4.69) is 119 Å². The third kappa shape index (κ3) is 10.7. The molecule has 16 heteroatoms. The molecule has 3 aliphatic heterocycles. The maximum atomic E-state index is 13.8. The van der Waals surface area contributed by atoms with E-state index in [1.54, 1.807) is 4.90 Å². The fourth-order valence-corrected chi connectivity index (χ4v) is 11.0. The number of amides is 4. The number of carbonyl (C=O) groups is 4. The van der Waals surface area contributed by atoms with Gasteiger partial charge in [0.1, 0.15) is 34.6 Å². The maximum Gasteiger partial charge on any atom is 0.407 e. The van der Waals surface area contributed by atoms with Gasteiger partial charge in [-0.3, -0.25) is 9.59 Å². The highest BCUT2D eigenvalue weighted by Gasteiger charge is 2.40. The summed E-state index contributed by atoms with van der Waals surface area (Å²) < 4.78 is 9.64. The van der Waals surface area contributed by atoms with E-state index >= 15 is 0 Å². The SMILES string of the molecule is COC(=O)N[C@H](C(=O)N1CCC[C@H]1c1nc(-c2ccc([C@H]3CC[C@H](c4ccc(-c5nc([C@@H]6CCCN6C(=O)[C@@H](NC(=O)OC)C(C)C)[nH]c5Cl)cc4)N3c3ccc(C(C)(C)C)cc3)cc2)c(C)[nH]1)C(C)C. The molecule has 3 aromatic carbocycles. The van der Waals surface area contributed by atoms with Crippen LogP contribution in [0.2, 0.25) is 5.15 Å². The van der Waals surface area contributed by atoms with E-state index in [0.717, 1.165) is 72.6 Å². The molecule has 3 fully saturated rings. The Balaban J connectivity index is 1.03. The van der Waals surface area contributed by atoms with Crippen molar-refractivity contribution in [1.29, 1.82) is 0 Å². The van der Waals surface area contributed by atoms with Crippen molar-refractivity contribution in [1.82, 2.24) is 40.4 Å². The molecule has 0 unspecified atom stereocenters. The van der Waals surface area contributed by atoms with Crippen LogP contribution in [-0.4, -0.2) is 93.1 Å². The lowest BCUT2D eigenvalue weighted by Gasteiger charge is -2.34. The number of halogens is 1. The van der Waals surface area contributed by atoms with Crippen LogP contribution in [0.15, 0.2) is 72.8 Å². The Morgan fingerprint density at radius 2 is 1.07 bits per heavy atom. The van der Waals surface area contributed by atoms with Crippen molar-refractivity contribution >= 4 is 41.3 Å². The quantitative estimate of drug-likeness (QED) is 0.0894. The molecule has 5 heterocycles. The molecule has 0 aliphatic carbocycles. The number of aromatic nitrogens is 4. The monoisotopic (exact) mass is 988 g/mol. The molecule has 0 saturated carbocycles. The van der Waals surface area contributed by atoms with Gasteiger partial charge in [-0.2, -0.15) is 0 Å². The van der Waals surface area contributed by atoms with Crippen molar-refractivity contribution in [2.24, 2.45) is 11.8 Å². The van der Waals surface area contributed by atoms with E-state index in [9.17, 15) is 19.2 Å². The highest BCUT2D eigenvalue weighted by atomic mass is 35.5. The van der Waals surface area contributed by atoms with E-state index in [4.69, 9.17) is 31.0 Å². The molecule has 8 rings (SSSR count). The first kappa shape index (κ1) is 51.0.